The van der Waals surface area contributed by atoms with Crippen LogP contribution in [0.5, 0.6) is 0 Å². The van der Waals surface area contributed by atoms with E-state index < -0.39 is 48.8 Å². The van der Waals surface area contributed by atoms with Gasteiger partial charge in [-0.3, -0.25) is 4.79 Å². The maximum absolute atomic E-state index is 12.9. The van der Waals surface area contributed by atoms with Gasteiger partial charge in [0.05, 0.1) is 11.5 Å². The van der Waals surface area contributed by atoms with Gasteiger partial charge in [0, 0.05) is 7.11 Å². The summed E-state index contributed by atoms with van der Waals surface area (Å²) in [6, 6.07) is -0.970. The van der Waals surface area contributed by atoms with Crippen LogP contribution in [0.3, 0.4) is 0 Å². The molecule has 11 heteroatoms. The molecular weight excluding hydrogens is 339 g/mol. The number of hydrogen-bond donors (Lipinski definition) is 2. The normalized spacial score (nSPS) is 14.7. The first-order valence-electron chi connectivity index (χ1n) is 6.25. The Morgan fingerprint density at radius 3 is 1.71 bits per heavy atom. The molecule has 0 fully saturated rings. The molecular formula is C13H20F6LiNO3-2. The van der Waals surface area contributed by atoms with Crippen molar-refractivity contribution in [3.05, 3.63) is 20.8 Å². The molecule has 0 aromatic heterocycles. The molecule has 0 aliphatic carbocycles. The quantitative estimate of drug-likeness (QED) is 0.300. The van der Waals surface area contributed by atoms with E-state index in [1.54, 1.807) is 6.92 Å². The van der Waals surface area contributed by atoms with Crippen molar-refractivity contribution in [3.8, 4) is 0 Å². The number of ether oxygens (including phenoxy) is 1. The van der Waals surface area contributed by atoms with E-state index in [4.69, 9.17) is 0 Å². The van der Waals surface area contributed by atoms with Gasteiger partial charge in [0.15, 0.2) is 6.29 Å². The van der Waals surface area contributed by atoms with Crippen LogP contribution in [0.1, 0.15) is 19.8 Å². The standard InChI is InChI=1S/C11H18F3NO3.C2H2F3.Li/c1-5-10(6-2,11(12,13)14)9(17)15-7(3)8(16)18-4;1-2(3,4)5;/h7-8,16H,1-2,5-6H2,3-4H3,(H,15,17);1H2;/q-2;-1;+1/t7-,8?;;/m0../s1. The molecule has 0 saturated heterocycles. The van der Waals surface area contributed by atoms with Crippen molar-refractivity contribution >= 4 is 5.91 Å². The summed E-state index contributed by atoms with van der Waals surface area (Å²) in [5.41, 5.74) is -2.64. The Kier molecular flexibility index (Phi) is 13.3. The fourth-order valence-electron chi connectivity index (χ4n) is 1.38. The number of alkyl halides is 6. The van der Waals surface area contributed by atoms with Gasteiger partial charge in [0.25, 0.3) is 6.18 Å². The Bertz CT molecular complexity index is 353. The van der Waals surface area contributed by atoms with Crippen molar-refractivity contribution < 1.29 is 59.8 Å². The van der Waals surface area contributed by atoms with E-state index in [-0.39, 0.29) is 18.9 Å². The minimum absolute atomic E-state index is 0. The first-order valence-corrected chi connectivity index (χ1v) is 6.25. The fourth-order valence-corrected chi connectivity index (χ4v) is 1.38. The maximum Gasteiger partial charge on any atom is 1.00 e. The number of rotatable bonds is 6. The van der Waals surface area contributed by atoms with Crippen LogP contribution in [0.4, 0.5) is 26.3 Å². The molecule has 0 aromatic rings. The van der Waals surface area contributed by atoms with E-state index in [1.165, 1.54) is 14.0 Å². The van der Waals surface area contributed by atoms with E-state index in [9.17, 15) is 36.2 Å². The van der Waals surface area contributed by atoms with E-state index in [2.05, 4.69) is 23.9 Å². The third kappa shape index (κ3) is 9.76. The largest absolute Gasteiger partial charge is 1.00 e. The molecule has 0 aromatic carbocycles. The minimum atomic E-state index is -4.75. The molecule has 0 rings (SSSR count). The number of aliphatic hydroxyl groups is 1. The second-order valence-electron chi connectivity index (χ2n) is 4.58. The van der Waals surface area contributed by atoms with Gasteiger partial charge in [0.2, 0.25) is 5.91 Å². The van der Waals surface area contributed by atoms with Gasteiger partial charge in [0.1, 0.15) is 0 Å². The molecule has 0 bridgehead atoms. The van der Waals surface area contributed by atoms with E-state index >= 15 is 0 Å². The number of aliphatic hydroxyl groups excluding tert-OH is 1. The predicted molar refractivity (Wildman–Crippen MR) is 70.5 cm³/mol. The molecule has 4 nitrogen and oxygen atoms in total. The summed E-state index contributed by atoms with van der Waals surface area (Å²) in [5.74, 6) is -1.26. The minimum Gasteiger partial charge on any atom is -0.366 e. The summed E-state index contributed by atoms with van der Waals surface area (Å²) >= 11 is 0. The Balaban J connectivity index is -0.000000639. The zero-order chi connectivity index (χ0) is 19.1. The second kappa shape index (κ2) is 11.2. The Morgan fingerprint density at radius 2 is 1.50 bits per heavy atom. The van der Waals surface area contributed by atoms with E-state index in [0.717, 1.165) is 0 Å². The van der Waals surface area contributed by atoms with Crippen LogP contribution in [0.25, 0.3) is 0 Å². The molecule has 24 heavy (non-hydrogen) atoms. The first kappa shape index (κ1) is 28.4. The van der Waals surface area contributed by atoms with Crippen molar-refractivity contribution in [2.24, 2.45) is 5.41 Å². The van der Waals surface area contributed by atoms with Gasteiger partial charge in [-0.1, -0.05) is 0 Å². The van der Waals surface area contributed by atoms with Crippen LogP contribution in [-0.4, -0.2) is 42.8 Å². The average molecular weight is 359 g/mol. The van der Waals surface area contributed by atoms with E-state index in [1.807, 2.05) is 0 Å². The molecule has 1 unspecified atom stereocenters. The monoisotopic (exact) mass is 359 g/mol. The number of halogens is 6. The van der Waals surface area contributed by atoms with Crippen molar-refractivity contribution in [1.29, 1.82) is 0 Å². The van der Waals surface area contributed by atoms with Gasteiger partial charge in [-0.2, -0.15) is 26.0 Å². The number of hydrogen-bond acceptors (Lipinski definition) is 3. The molecule has 140 valence electrons. The van der Waals surface area contributed by atoms with Crippen molar-refractivity contribution in [3.63, 3.8) is 0 Å². The fraction of sp³-hybridized carbons (Fsp3) is 0.692. The number of nitrogens with one attached hydrogen (secondary N) is 1. The summed E-state index contributed by atoms with van der Waals surface area (Å²) < 4.78 is 74.0. The van der Waals surface area contributed by atoms with Crippen LogP contribution in [0, 0.1) is 26.2 Å². The molecule has 0 aliphatic heterocycles. The molecule has 0 spiro atoms. The zero-order valence-corrected chi connectivity index (χ0v) is 13.7. The Hall–Kier alpha value is -0.433. The average Bonchev–Trinajstić information content (AvgIpc) is 2.36. The van der Waals surface area contributed by atoms with Crippen molar-refractivity contribution in [1.82, 2.24) is 5.32 Å². The van der Waals surface area contributed by atoms with Gasteiger partial charge in [-0.05, 0) is 6.92 Å². The smallest absolute Gasteiger partial charge is 0.366 e. The summed E-state index contributed by atoms with van der Waals surface area (Å²) in [6.07, 6.45) is -11.7. The van der Waals surface area contributed by atoms with Crippen LogP contribution >= 0.6 is 0 Å². The van der Waals surface area contributed by atoms with Crippen LogP contribution in [0.2, 0.25) is 0 Å². The number of methoxy groups -OCH3 is 1. The van der Waals surface area contributed by atoms with Gasteiger partial charge in [-0.15, -0.1) is 0 Å². The summed E-state index contributed by atoms with van der Waals surface area (Å²) in [7, 11) is 1.17. The molecule has 0 radical (unpaired) electrons. The van der Waals surface area contributed by atoms with Crippen LogP contribution in [-0.2, 0) is 9.53 Å². The first-order chi connectivity index (χ1) is 10.2. The topological polar surface area (TPSA) is 58.6 Å². The number of carbonyl (C=O) groups is 1. The molecule has 2 N–H and O–H groups in total. The van der Waals surface area contributed by atoms with Gasteiger partial charge >= 0.3 is 25.0 Å². The zero-order valence-electron chi connectivity index (χ0n) is 13.7. The molecule has 2 atom stereocenters. The van der Waals surface area contributed by atoms with E-state index in [0.29, 0.717) is 0 Å². The Morgan fingerprint density at radius 1 is 1.17 bits per heavy atom. The number of carbonyl (C=O) groups excluding carboxylic acids is 1. The second-order valence-corrected chi connectivity index (χ2v) is 4.58. The van der Waals surface area contributed by atoms with Crippen LogP contribution in [0.15, 0.2) is 0 Å². The predicted octanol–water partition coefficient (Wildman–Crippen LogP) is -0.160. The summed E-state index contributed by atoms with van der Waals surface area (Å²) in [6.45, 7) is 9.45. The van der Waals surface area contributed by atoms with Gasteiger partial charge < -0.3 is 29.0 Å². The SMILES string of the molecule is [CH2-]C(F)(F)F.[CH2-]CC(C[CH2-])(C(=O)N[C@@H](C)C(O)OC)C(F)(F)F.[Li+]. The Labute approximate surface area is 149 Å². The van der Waals surface area contributed by atoms with Crippen LogP contribution < -0.4 is 24.2 Å². The summed E-state index contributed by atoms with van der Waals surface area (Å²) in [5, 5.41) is 11.3. The molecule has 0 heterocycles. The van der Waals surface area contributed by atoms with Crippen molar-refractivity contribution in [2.75, 3.05) is 7.11 Å². The van der Waals surface area contributed by atoms with Crippen molar-refractivity contribution in [2.45, 2.75) is 44.4 Å². The summed E-state index contributed by atoms with van der Waals surface area (Å²) in [4.78, 5) is 11.7. The number of amides is 1. The maximum atomic E-state index is 12.9. The third-order valence-corrected chi connectivity index (χ3v) is 2.86. The molecule has 0 aliphatic rings. The van der Waals surface area contributed by atoms with Gasteiger partial charge in [-0.25, -0.2) is 20.1 Å². The third-order valence-electron chi connectivity index (χ3n) is 2.86. The molecule has 1 amide bonds. The molecule has 0 saturated carbocycles.